The van der Waals surface area contributed by atoms with Crippen LogP contribution in [0.25, 0.3) is 0 Å². The summed E-state index contributed by atoms with van der Waals surface area (Å²) in [7, 11) is 1.45. The molecule has 0 radical (unpaired) electrons. The maximum absolute atomic E-state index is 12.4. The molecule has 0 aliphatic heterocycles. The summed E-state index contributed by atoms with van der Waals surface area (Å²) in [6, 6.07) is 3.01. The number of nitrogens with one attached hydrogen (secondary N) is 3. The Morgan fingerprint density at radius 2 is 1.88 bits per heavy atom. The van der Waals surface area contributed by atoms with E-state index in [-0.39, 0.29) is 34.4 Å². The van der Waals surface area contributed by atoms with Crippen molar-refractivity contribution in [1.29, 1.82) is 0 Å². The molecule has 0 aliphatic rings. The standard InChI is InChI=1S/C21H25N3O7S2/c1-5-30-21(29)17-11(2)18(19(28)22-4)33-20(17)24-15(26)10-31-16(27)9-13(23-12(3)25)14-7-6-8-32-14/h6-8,13H,5,9-10H2,1-4H3,(H,22,28)(H,23,25)(H,24,26). The van der Waals surface area contributed by atoms with Crippen molar-refractivity contribution in [3.8, 4) is 0 Å². The lowest BCUT2D eigenvalue weighted by Crippen LogP contribution is -2.29. The Hall–Kier alpha value is -3.25. The second-order valence-electron chi connectivity index (χ2n) is 6.74. The third-order valence-electron chi connectivity index (χ3n) is 4.31. The van der Waals surface area contributed by atoms with Crippen molar-refractivity contribution in [1.82, 2.24) is 10.6 Å². The average Bonchev–Trinajstić information content (AvgIpc) is 3.39. The van der Waals surface area contributed by atoms with Gasteiger partial charge in [0.05, 0.1) is 29.5 Å². The molecule has 1 unspecified atom stereocenters. The van der Waals surface area contributed by atoms with Crippen LogP contribution >= 0.6 is 22.7 Å². The summed E-state index contributed by atoms with van der Waals surface area (Å²) < 4.78 is 10.1. The highest BCUT2D eigenvalue weighted by Gasteiger charge is 2.27. The van der Waals surface area contributed by atoms with Crippen LogP contribution in [-0.2, 0) is 23.9 Å². The maximum atomic E-state index is 12.4. The fourth-order valence-electron chi connectivity index (χ4n) is 2.87. The molecule has 10 nitrogen and oxygen atoms in total. The first-order chi connectivity index (χ1) is 15.7. The molecule has 0 saturated heterocycles. The second-order valence-corrected chi connectivity index (χ2v) is 8.74. The van der Waals surface area contributed by atoms with E-state index in [9.17, 15) is 24.0 Å². The van der Waals surface area contributed by atoms with Gasteiger partial charge in [-0.3, -0.25) is 19.2 Å². The molecule has 0 saturated carbocycles. The van der Waals surface area contributed by atoms with Gasteiger partial charge >= 0.3 is 11.9 Å². The summed E-state index contributed by atoms with van der Waals surface area (Å²) >= 11 is 2.30. The molecule has 33 heavy (non-hydrogen) atoms. The average molecular weight is 496 g/mol. The van der Waals surface area contributed by atoms with E-state index >= 15 is 0 Å². The Morgan fingerprint density at radius 1 is 1.15 bits per heavy atom. The van der Waals surface area contributed by atoms with Gasteiger partial charge in [0.15, 0.2) is 6.61 Å². The van der Waals surface area contributed by atoms with E-state index in [1.54, 1.807) is 26.0 Å². The Bertz CT molecular complexity index is 1030. The number of carbonyl (C=O) groups is 5. The van der Waals surface area contributed by atoms with Crippen LogP contribution in [0.15, 0.2) is 17.5 Å². The van der Waals surface area contributed by atoms with Crippen molar-refractivity contribution < 1.29 is 33.4 Å². The first-order valence-electron chi connectivity index (χ1n) is 9.96. The summed E-state index contributed by atoms with van der Waals surface area (Å²) in [5.41, 5.74) is 0.447. The van der Waals surface area contributed by atoms with Gasteiger partial charge in [0.1, 0.15) is 5.00 Å². The van der Waals surface area contributed by atoms with Crippen molar-refractivity contribution >= 4 is 57.3 Å². The van der Waals surface area contributed by atoms with Gasteiger partial charge < -0.3 is 25.4 Å². The first kappa shape index (κ1) is 26.0. The molecule has 3 N–H and O–H groups in total. The van der Waals surface area contributed by atoms with E-state index in [0.29, 0.717) is 5.56 Å². The summed E-state index contributed by atoms with van der Waals surface area (Å²) in [5.74, 6) is -2.76. The van der Waals surface area contributed by atoms with Gasteiger partial charge in [-0.05, 0) is 30.9 Å². The number of amides is 3. The first-order valence-corrected chi connectivity index (χ1v) is 11.7. The highest BCUT2D eigenvalue weighted by molar-refractivity contribution is 7.18. The smallest absolute Gasteiger partial charge is 0.341 e. The molecule has 1 atom stereocenters. The quantitative estimate of drug-likeness (QED) is 0.430. The zero-order chi connectivity index (χ0) is 24.5. The molecule has 2 rings (SSSR count). The molecule has 0 spiro atoms. The minimum atomic E-state index is -0.689. The normalized spacial score (nSPS) is 11.3. The Morgan fingerprint density at radius 3 is 2.45 bits per heavy atom. The summed E-state index contributed by atoms with van der Waals surface area (Å²) in [5, 5.41) is 9.62. The topological polar surface area (TPSA) is 140 Å². The monoisotopic (exact) mass is 495 g/mol. The minimum Gasteiger partial charge on any atom is -0.462 e. The van der Waals surface area contributed by atoms with Crippen molar-refractivity contribution in [2.75, 3.05) is 25.6 Å². The molecule has 2 heterocycles. The summed E-state index contributed by atoms with van der Waals surface area (Å²) in [6.07, 6.45) is -0.152. The molecular weight excluding hydrogens is 470 g/mol. The molecular formula is C21H25N3O7S2. The van der Waals surface area contributed by atoms with E-state index in [1.165, 1.54) is 25.3 Å². The fraction of sp³-hybridized carbons (Fsp3) is 0.381. The van der Waals surface area contributed by atoms with E-state index < -0.39 is 36.4 Å². The van der Waals surface area contributed by atoms with Crippen LogP contribution in [0.3, 0.4) is 0 Å². The largest absolute Gasteiger partial charge is 0.462 e. The zero-order valence-corrected chi connectivity index (χ0v) is 20.2. The van der Waals surface area contributed by atoms with E-state index in [4.69, 9.17) is 9.47 Å². The van der Waals surface area contributed by atoms with Gasteiger partial charge in [-0.15, -0.1) is 22.7 Å². The number of hydrogen-bond acceptors (Lipinski definition) is 9. The molecule has 0 bridgehead atoms. The fourth-order valence-corrected chi connectivity index (χ4v) is 4.81. The number of hydrogen-bond donors (Lipinski definition) is 3. The zero-order valence-electron chi connectivity index (χ0n) is 18.6. The van der Waals surface area contributed by atoms with E-state index in [2.05, 4.69) is 16.0 Å². The number of esters is 2. The van der Waals surface area contributed by atoms with Gasteiger partial charge in [0.25, 0.3) is 11.8 Å². The van der Waals surface area contributed by atoms with Gasteiger partial charge in [0.2, 0.25) is 5.91 Å². The van der Waals surface area contributed by atoms with Gasteiger partial charge in [-0.2, -0.15) is 0 Å². The van der Waals surface area contributed by atoms with Crippen molar-refractivity contribution in [3.05, 3.63) is 38.4 Å². The highest BCUT2D eigenvalue weighted by atomic mass is 32.1. The number of ether oxygens (including phenoxy) is 2. The number of anilines is 1. The number of carbonyl (C=O) groups excluding carboxylic acids is 5. The lowest BCUT2D eigenvalue weighted by Gasteiger charge is -2.15. The summed E-state index contributed by atoms with van der Waals surface area (Å²) in [6.45, 7) is 4.08. The SMILES string of the molecule is CCOC(=O)c1c(NC(=O)COC(=O)CC(NC(C)=O)c2cccs2)sc(C(=O)NC)c1C. The third-order valence-corrected chi connectivity index (χ3v) is 6.50. The molecule has 3 amide bonds. The Balaban J connectivity index is 2.06. The predicted molar refractivity (Wildman–Crippen MR) is 123 cm³/mol. The van der Waals surface area contributed by atoms with Gasteiger partial charge in [-0.25, -0.2) is 4.79 Å². The number of thiophene rings is 2. The second kappa shape index (κ2) is 12.1. The van der Waals surface area contributed by atoms with Crippen LogP contribution in [-0.4, -0.2) is 49.9 Å². The van der Waals surface area contributed by atoms with Crippen LogP contribution in [0.5, 0.6) is 0 Å². The van der Waals surface area contributed by atoms with Crippen LogP contribution in [0, 0.1) is 6.92 Å². The van der Waals surface area contributed by atoms with Crippen molar-refractivity contribution in [2.24, 2.45) is 0 Å². The lowest BCUT2D eigenvalue weighted by atomic mass is 10.1. The highest BCUT2D eigenvalue weighted by Crippen LogP contribution is 2.33. The van der Waals surface area contributed by atoms with Crippen LogP contribution < -0.4 is 16.0 Å². The minimum absolute atomic E-state index is 0.0727. The number of rotatable bonds is 10. The van der Waals surface area contributed by atoms with Crippen LogP contribution in [0.1, 0.15) is 56.8 Å². The van der Waals surface area contributed by atoms with E-state index in [1.807, 2.05) is 5.38 Å². The lowest BCUT2D eigenvalue weighted by molar-refractivity contribution is -0.147. The maximum Gasteiger partial charge on any atom is 0.341 e. The van der Waals surface area contributed by atoms with Crippen molar-refractivity contribution in [2.45, 2.75) is 33.2 Å². The van der Waals surface area contributed by atoms with E-state index in [0.717, 1.165) is 16.2 Å². The summed E-state index contributed by atoms with van der Waals surface area (Å²) in [4.78, 5) is 61.6. The Labute approximate surface area is 198 Å². The Kier molecular flexibility index (Phi) is 9.55. The van der Waals surface area contributed by atoms with Crippen LogP contribution in [0.2, 0.25) is 0 Å². The molecule has 0 fully saturated rings. The van der Waals surface area contributed by atoms with Gasteiger partial charge in [-0.1, -0.05) is 6.07 Å². The molecule has 0 aliphatic carbocycles. The molecule has 12 heteroatoms. The van der Waals surface area contributed by atoms with Crippen LogP contribution in [0.4, 0.5) is 5.00 Å². The third kappa shape index (κ3) is 7.12. The molecule has 0 aromatic carbocycles. The molecule has 178 valence electrons. The van der Waals surface area contributed by atoms with Gasteiger partial charge in [0, 0.05) is 18.8 Å². The van der Waals surface area contributed by atoms with Crippen molar-refractivity contribution in [3.63, 3.8) is 0 Å². The molecule has 2 aromatic heterocycles. The molecule has 2 aromatic rings. The predicted octanol–water partition coefficient (Wildman–Crippen LogP) is 2.40.